The number of nitrogens with one attached hydrogen (secondary N) is 1. The van der Waals surface area contributed by atoms with E-state index < -0.39 is 0 Å². The van der Waals surface area contributed by atoms with Crippen LogP contribution >= 0.6 is 11.6 Å². The lowest BCUT2D eigenvalue weighted by atomic mass is 9.95. The third-order valence-electron chi connectivity index (χ3n) is 4.31. The van der Waals surface area contributed by atoms with E-state index in [9.17, 15) is 0 Å². The van der Waals surface area contributed by atoms with Gasteiger partial charge in [0.1, 0.15) is 5.82 Å². The third-order valence-corrected chi connectivity index (χ3v) is 4.56. The van der Waals surface area contributed by atoms with Gasteiger partial charge in [-0.25, -0.2) is 9.97 Å². The molecule has 1 atom stereocenters. The Hall–Kier alpha value is -1.45. The topological polar surface area (TPSA) is 37.8 Å². The number of hydrogen-bond acceptors (Lipinski definition) is 3. The van der Waals surface area contributed by atoms with Crippen molar-refractivity contribution in [3.63, 3.8) is 0 Å². The Bertz CT molecular complexity index is 623. The van der Waals surface area contributed by atoms with Crippen LogP contribution < -0.4 is 5.32 Å². The molecule has 22 heavy (non-hydrogen) atoms. The Balaban J connectivity index is 1.83. The van der Waals surface area contributed by atoms with Crippen LogP contribution in [-0.2, 0) is 6.42 Å². The highest BCUT2D eigenvalue weighted by Crippen LogP contribution is 2.27. The van der Waals surface area contributed by atoms with Crippen molar-refractivity contribution in [2.45, 2.75) is 45.6 Å². The van der Waals surface area contributed by atoms with Crippen LogP contribution in [0.15, 0.2) is 24.3 Å². The Labute approximate surface area is 137 Å². The highest BCUT2D eigenvalue weighted by molar-refractivity contribution is 6.30. The zero-order valence-corrected chi connectivity index (χ0v) is 14.0. The average molecular weight is 316 g/mol. The molecule has 0 radical (unpaired) electrons. The molecule has 1 unspecified atom stereocenters. The van der Waals surface area contributed by atoms with Crippen LogP contribution in [0.25, 0.3) is 0 Å². The monoisotopic (exact) mass is 315 g/mol. The lowest BCUT2D eigenvalue weighted by Crippen LogP contribution is -2.28. The van der Waals surface area contributed by atoms with Crippen LogP contribution in [0, 0.1) is 13.8 Å². The first-order valence-corrected chi connectivity index (χ1v) is 8.33. The molecule has 0 bridgehead atoms. The summed E-state index contributed by atoms with van der Waals surface area (Å²) >= 11 is 5.93. The number of rotatable bonds is 3. The first kappa shape index (κ1) is 15.4. The van der Waals surface area contributed by atoms with E-state index in [2.05, 4.69) is 19.2 Å². The second-order valence-electron chi connectivity index (χ2n) is 6.03. The first-order valence-electron chi connectivity index (χ1n) is 7.95. The molecule has 0 saturated carbocycles. The lowest BCUT2D eigenvalue weighted by molar-refractivity contribution is 0.407. The summed E-state index contributed by atoms with van der Waals surface area (Å²) in [5.41, 5.74) is 4.69. The van der Waals surface area contributed by atoms with Gasteiger partial charge in [0.2, 0.25) is 0 Å². The molecule has 4 heteroatoms. The molecule has 2 heterocycles. The summed E-state index contributed by atoms with van der Waals surface area (Å²) in [5.74, 6) is 0.886. The van der Waals surface area contributed by atoms with Crippen molar-refractivity contribution < 1.29 is 0 Å². The highest BCUT2D eigenvalue weighted by atomic mass is 35.5. The second-order valence-corrected chi connectivity index (χ2v) is 6.47. The Morgan fingerprint density at radius 1 is 1.09 bits per heavy atom. The van der Waals surface area contributed by atoms with Gasteiger partial charge in [-0.3, -0.25) is 0 Å². The summed E-state index contributed by atoms with van der Waals surface area (Å²) in [5, 5.41) is 4.36. The van der Waals surface area contributed by atoms with Gasteiger partial charge in [0.15, 0.2) is 0 Å². The van der Waals surface area contributed by atoms with E-state index in [0.717, 1.165) is 35.2 Å². The number of piperidine rings is 1. The van der Waals surface area contributed by atoms with Gasteiger partial charge in [-0.15, -0.1) is 0 Å². The molecular formula is C18H22ClN3. The SMILES string of the molecule is Cc1nc(Cc2ccc(Cl)cc2)nc(C)c1C1CCCCN1. The van der Waals surface area contributed by atoms with Crippen molar-refractivity contribution in [2.24, 2.45) is 0 Å². The third kappa shape index (κ3) is 3.47. The molecule has 1 aromatic heterocycles. The maximum atomic E-state index is 5.93. The van der Waals surface area contributed by atoms with Crippen LogP contribution in [0.1, 0.15) is 53.6 Å². The van der Waals surface area contributed by atoms with Crippen molar-refractivity contribution in [1.82, 2.24) is 15.3 Å². The molecular weight excluding hydrogens is 294 g/mol. The lowest BCUT2D eigenvalue weighted by Gasteiger charge is -2.26. The Kier molecular flexibility index (Phi) is 4.74. The van der Waals surface area contributed by atoms with E-state index in [-0.39, 0.29) is 0 Å². The number of aromatic nitrogens is 2. The van der Waals surface area contributed by atoms with Crippen molar-refractivity contribution in [2.75, 3.05) is 6.54 Å². The van der Waals surface area contributed by atoms with Crippen LogP contribution in [-0.4, -0.2) is 16.5 Å². The Morgan fingerprint density at radius 2 is 1.77 bits per heavy atom. The number of hydrogen-bond donors (Lipinski definition) is 1. The van der Waals surface area contributed by atoms with Crippen molar-refractivity contribution in [1.29, 1.82) is 0 Å². The molecule has 0 spiro atoms. The van der Waals surface area contributed by atoms with E-state index >= 15 is 0 Å². The standard InChI is InChI=1S/C18H22ClN3/c1-12-18(16-5-3-4-10-20-16)13(2)22-17(21-12)11-14-6-8-15(19)9-7-14/h6-9,16,20H,3-5,10-11H2,1-2H3. The van der Waals surface area contributed by atoms with E-state index in [1.807, 2.05) is 24.3 Å². The van der Waals surface area contributed by atoms with Crippen molar-refractivity contribution in [3.05, 3.63) is 57.6 Å². The molecule has 1 aliphatic heterocycles. The van der Waals surface area contributed by atoms with Gasteiger partial charge >= 0.3 is 0 Å². The predicted molar refractivity (Wildman–Crippen MR) is 90.4 cm³/mol. The van der Waals surface area contributed by atoms with Gasteiger partial charge < -0.3 is 5.32 Å². The fraction of sp³-hybridized carbons (Fsp3) is 0.444. The summed E-state index contributed by atoms with van der Waals surface area (Å²) in [4.78, 5) is 9.49. The maximum Gasteiger partial charge on any atom is 0.133 e. The zero-order chi connectivity index (χ0) is 15.5. The molecule has 1 aromatic carbocycles. The van der Waals surface area contributed by atoms with E-state index in [1.54, 1.807) is 0 Å². The largest absolute Gasteiger partial charge is 0.310 e. The van der Waals surface area contributed by atoms with Crippen molar-refractivity contribution >= 4 is 11.6 Å². The minimum atomic E-state index is 0.415. The van der Waals surface area contributed by atoms with E-state index in [4.69, 9.17) is 21.6 Å². The van der Waals surface area contributed by atoms with Gasteiger partial charge in [0.05, 0.1) is 0 Å². The van der Waals surface area contributed by atoms with Crippen LogP contribution in [0.3, 0.4) is 0 Å². The summed E-state index contributed by atoms with van der Waals surface area (Å²) in [6.45, 7) is 5.30. The number of nitrogens with zero attached hydrogens (tertiary/aromatic N) is 2. The minimum absolute atomic E-state index is 0.415. The molecule has 1 saturated heterocycles. The summed E-state index contributed by atoms with van der Waals surface area (Å²) < 4.78 is 0. The second kappa shape index (κ2) is 6.76. The zero-order valence-electron chi connectivity index (χ0n) is 13.2. The molecule has 0 aliphatic carbocycles. The molecule has 1 fully saturated rings. The van der Waals surface area contributed by atoms with Gasteiger partial charge in [0.25, 0.3) is 0 Å². The minimum Gasteiger partial charge on any atom is -0.310 e. The molecule has 1 N–H and O–H groups in total. The molecule has 3 nitrogen and oxygen atoms in total. The van der Waals surface area contributed by atoms with Gasteiger partial charge in [-0.1, -0.05) is 30.2 Å². The quantitative estimate of drug-likeness (QED) is 0.924. The molecule has 1 aliphatic rings. The average Bonchev–Trinajstić information content (AvgIpc) is 2.50. The molecule has 2 aromatic rings. The fourth-order valence-corrected chi connectivity index (χ4v) is 3.39. The summed E-state index contributed by atoms with van der Waals surface area (Å²) in [7, 11) is 0. The van der Waals surface area contributed by atoms with Gasteiger partial charge in [-0.05, 0) is 50.9 Å². The van der Waals surface area contributed by atoms with E-state index in [0.29, 0.717) is 6.04 Å². The van der Waals surface area contributed by atoms with Crippen molar-refractivity contribution in [3.8, 4) is 0 Å². The number of aryl methyl sites for hydroxylation is 2. The van der Waals surface area contributed by atoms with E-state index in [1.165, 1.54) is 30.4 Å². The molecule has 3 rings (SSSR count). The number of benzene rings is 1. The van der Waals surface area contributed by atoms with Crippen LogP contribution in [0.5, 0.6) is 0 Å². The predicted octanol–water partition coefficient (Wildman–Crippen LogP) is 4.15. The van der Waals surface area contributed by atoms with Gasteiger partial charge in [0, 0.05) is 34.4 Å². The normalized spacial score (nSPS) is 18.4. The number of halogens is 1. The van der Waals surface area contributed by atoms with Crippen LogP contribution in [0.2, 0.25) is 5.02 Å². The molecule has 116 valence electrons. The Morgan fingerprint density at radius 3 is 2.36 bits per heavy atom. The summed E-state index contributed by atoms with van der Waals surface area (Å²) in [6, 6.07) is 8.31. The highest BCUT2D eigenvalue weighted by Gasteiger charge is 2.20. The molecule has 0 amide bonds. The van der Waals surface area contributed by atoms with Gasteiger partial charge in [-0.2, -0.15) is 0 Å². The maximum absolute atomic E-state index is 5.93. The summed E-state index contributed by atoms with van der Waals surface area (Å²) in [6.07, 6.45) is 4.48. The fourth-order valence-electron chi connectivity index (χ4n) is 3.26. The first-order chi connectivity index (χ1) is 10.6. The smallest absolute Gasteiger partial charge is 0.133 e. The van der Waals surface area contributed by atoms with Crippen LogP contribution in [0.4, 0.5) is 0 Å².